The first-order chi connectivity index (χ1) is 7.81. The Morgan fingerprint density at radius 2 is 2.12 bits per heavy atom. The molecule has 0 radical (unpaired) electrons. The minimum atomic E-state index is -0.0601. The summed E-state index contributed by atoms with van der Waals surface area (Å²) in [5, 5.41) is 0. The van der Waals surface area contributed by atoms with Crippen molar-refractivity contribution in [2.45, 2.75) is 12.5 Å². The van der Waals surface area contributed by atoms with Crippen molar-refractivity contribution in [1.82, 2.24) is 0 Å². The molecule has 0 amide bonds. The number of hydrogen-bond donors (Lipinski definition) is 1. The molecular formula is C13H15NO2. The summed E-state index contributed by atoms with van der Waals surface area (Å²) in [5.74, 6) is 0.876. The number of para-hydroxylation sites is 1. The minimum absolute atomic E-state index is 0.0601. The summed E-state index contributed by atoms with van der Waals surface area (Å²) in [6.07, 6.45) is 4.06. The summed E-state index contributed by atoms with van der Waals surface area (Å²) < 4.78 is 10.3. The number of ether oxygens (including phenoxy) is 1. The molecule has 0 bridgehead atoms. The topological polar surface area (TPSA) is 48.4 Å². The number of hydrogen-bond acceptors (Lipinski definition) is 3. The molecule has 3 nitrogen and oxygen atoms in total. The SMILES string of the molecule is COc1ccccc1CC(N)c1ccoc1. The van der Waals surface area contributed by atoms with Crippen LogP contribution < -0.4 is 10.5 Å². The first-order valence-corrected chi connectivity index (χ1v) is 5.21. The van der Waals surface area contributed by atoms with E-state index in [9.17, 15) is 0 Å². The normalized spacial score (nSPS) is 12.4. The van der Waals surface area contributed by atoms with Gasteiger partial charge in [0.15, 0.2) is 0 Å². The molecule has 0 fully saturated rings. The van der Waals surface area contributed by atoms with Crippen LogP contribution in [0.1, 0.15) is 17.2 Å². The van der Waals surface area contributed by atoms with Crippen molar-refractivity contribution in [3.05, 3.63) is 54.0 Å². The number of nitrogens with two attached hydrogens (primary N) is 1. The monoisotopic (exact) mass is 217 g/mol. The summed E-state index contributed by atoms with van der Waals surface area (Å²) in [5.41, 5.74) is 8.19. The third-order valence-corrected chi connectivity index (χ3v) is 2.60. The van der Waals surface area contributed by atoms with Gasteiger partial charge in [-0.2, -0.15) is 0 Å². The molecule has 16 heavy (non-hydrogen) atoms. The van der Waals surface area contributed by atoms with Gasteiger partial charge in [0.25, 0.3) is 0 Å². The molecule has 0 aliphatic carbocycles. The molecule has 0 saturated carbocycles. The van der Waals surface area contributed by atoms with Gasteiger partial charge in [-0.1, -0.05) is 18.2 Å². The summed E-state index contributed by atoms with van der Waals surface area (Å²) in [6.45, 7) is 0. The molecule has 2 rings (SSSR count). The van der Waals surface area contributed by atoms with Gasteiger partial charge in [-0.25, -0.2) is 0 Å². The molecule has 0 saturated heterocycles. The van der Waals surface area contributed by atoms with Crippen LogP contribution in [0.15, 0.2) is 47.3 Å². The highest BCUT2D eigenvalue weighted by atomic mass is 16.5. The second kappa shape index (κ2) is 4.86. The Kier molecular flexibility index (Phi) is 3.27. The van der Waals surface area contributed by atoms with E-state index in [0.717, 1.165) is 23.3 Å². The van der Waals surface area contributed by atoms with Crippen LogP contribution in [0.4, 0.5) is 0 Å². The molecule has 1 heterocycles. The quantitative estimate of drug-likeness (QED) is 0.856. The van der Waals surface area contributed by atoms with Crippen LogP contribution in [0.5, 0.6) is 5.75 Å². The third kappa shape index (κ3) is 2.25. The van der Waals surface area contributed by atoms with Crippen molar-refractivity contribution in [1.29, 1.82) is 0 Å². The van der Waals surface area contributed by atoms with E-state index < -0.39 is 0 Å². The molecule has 0 aliphatic heterocycles. The van der Waals surface area contributed by atoms with E-state index in [0.29, 0.717) is 0 Å². The van der Waals surface area contributed by atoms with Gasteiger partial charge < -0.3 is 14.9 Å². The van der Waals surface area contributed by atoms with Crippen LogP contribution in [0.2, 0.25) is 0 Å². The lowest BCUT2D eigenvalue weighted by Crippen LogP contribution is -2.12. The Hall–Kier alpha value is -1.74. The number of methoxy groups -OCH3 is 1. The molecule has 2 aromatic rings. The van der Waals surface area contributed by atoms with Crippen LogP contribution in [0.25, 0.3) is 0 Å². The Morgan fingerprint density at radius 3 is 2.81 bits per heavy atom. The zero-order chi connectivity index (χ0) is 11.4. The van der Waals surface area contributed by atoms with E-state index in [-0.39, 0.29) is 6.04 Å². The van der Waals surface area contributed by atoms with Crippen LogP contribution in [0, 0.1) is 0 Å². The number of rotatable bonds is 4. The van der Waals surface area contributed by atoms with E-state index in [1.165, 1.54) is 0 Å². The van der Waals surface area contributed by atoms with E-state index in [4.69, 9.17) is 14.9 Å². The molecular weight excluding hydrogens is 202 g/mol. The smallest absolute Gasteiger partial charge is 0.122 e. The minimum Gasteiger partial charge on any atom is -0.496 e. The molecule has 1 aromatic heterocycles. The lowest BCUT2D eigenvalue weighted by molar-refractivity contribution is 0.408. The van der Waals surface area contributed by atoms with Crippen molar-refractivity contribution in [3.63, 3.8) is 0 Å². The second-order valence-corrected chi connectivity index (χ2v) is 3.68. The maximum atomic E-state index is 6.08. The molecule has 0 spiro atoms. The lowest BCUT2D eigenvalue weighted by Gasteiger charge is -2.12. The largest absolute Gasteiger partial charge is 0.496 e. The number of furan rings is 1. The Morgan fingerprint density at radius 1 is 1.31 bits per heavy atom. The Labute approximate surface area is 94.8 Å². The first-order valence-electron chi connectivity index (χ1n) is 5.21. The molecule has 2 N–H and O–H groups in total. The fourth-order valence-corrected chi connectivity index (χ4v) is 1.71. The van der Waals surface area contributed by atoms with Crippen LogP contribution in [-0.4, -0.2) is 7.11 Å². The summed E-state index contributed by atoms with van der Waals surface area (Å²) in [7, 11) is 1.67. The predicted octanol–water partition coefficient (Wildman–Crippen LogP) is 2.53. The zero-order valence-electron chi connectivity index (χ0n) is 9.22. The Balaban J connectivity index is 2.14. The highest BCUT2D eigenvalue weighted by Crippen LogP contribution is 2.23. The van der Waals surface area contributed by atoms with Gasteiger partial charge in [0, 0.05) is 11.6 Å². The summed E-state index contributed by atoms with van der Waals surface area (Å²) in [6, 6.07) is 9.73. The first kappa shape index (κ1) is 10.8. The van der Waals surface area contributed by atoms with Gasteiger partial charge in [0.05, 0.1) is 19.6 Å². The van der Waals surface area contributed by atoms with Crippen molar-refractivity contribution < 1.29 is 9.15 Å². The maximum Gasteiger partial charge on any atom is 0.122 e. The Bertz CT molecular complexity index is 437. The van der Waals surface area contributed by atoms with Gasteiger partial charge in [0.1, 0.15) is 5.75 Å². The average molecular weight is 217 g/mol. The van der Waals surface area contributed by atoms with Gasteiger partial charge in [-0.15, -0.1) is 0 Å². The van der Waals surface area contributed by atoms with Crippen molar-refractivity contribution >= 4 is 0 Å². The van der Waals surface area contributed by atoms with Crippen LogP contribution in [-0.2, 0) is 6.42 Å². The van der Waals surface area contributed by atoms with Gasteiger partial charge in [-0.05, 0) is 24.1 Å². The molecule has 0 aliphatic rings. The predicted molar refractivity (Wildman–Crippen MR) is 62.3 cm³/mol. The summed E-state index contributed by atoms with van der Waals surface area (Å²) >= 11 is 0. The van der Waals surface area contributed by atoms with E-state index >= 15 is 0 Å². The zero-order valence-corrected chi connectivity index (χ0v) is 9.22. The highest BCUT2D eigenvalue weighted by Gasteiger charge is 2.10. The fourth-order valence-electron chi connectivity index (χ4n) is 1.71. The molecule has 1 aromatic carbocycles. The fraction of sp³-hybridized carbons (Fsp3) is 0.231. The van der Waals surface area contributed by atoms with E-state index in [1.807, 2.05) is 30.3 Å². The van der Waals surface area contributed by atoms with Crippen LogP contribution >= 0.6 is 0 Å². The van der Waals surface area contributed by atoms with E-state index in [1.54, 1.807) is 19.6 Å². The van der Waals surface area contributed by atoms with Gasteiger partial charge in [0.2, 0.25) is 0 Å². The lowest BCUT2D eigenvalue weighted by atomic mass is 10.0. The van der Waals surface area contributed by atoms with Gasteiger partial charge in [-0.3, -0.25) is 0 Å². The number of benzene rings is 1. The van der Waals surface area contributed by atoms with Gasteiger partial charge >= 0.3 is 0 Å². The van der Waals surface area contributed by atoms with Crippen molar-refractivity contribution in [2.24, 2.45) is 5.73 Å². The maximum absolute atomic E-state index is 6.08. The van der Waals surface area contributed by atoms with Crippen LogP contribution in [0.3, 0.4) is 0 Å². The third-order valence-electron chi connectivity index (χ3n) is 2.60. The second-order valence-electron chi connectivity index (χ2n) is 3.68. The molecule has 1 unspecified atom stereocenters. The summed E-state index contributed by atoms with van der Waals surface area (Å²) in [4.78, 5) is 0. The standard InChI is InChI=1S/C13H15NO2/c1-15-13-5-3-2-4-10(13)8-12(14)11-6-7-16-9-11/h2-7,9,12H,8,14H2,1H3. The molecule has 84 valence electrons. The molecule has 1 atom stereocenters. The van der Waals surface area contributed by atoms with E-state index in [2.05, 4.69) is 0 Å². The van der Waals surface area contributed by atoms with Crippen molar-refractivity contribution in [3.8, 4) is 5.75 Å². The highest BCUT2D eigenvalue weighted by molar-refractivity contribution is 5.34. The van der Waals surface area contributed by atoms with Crippen molar-refractivity contribution in [2.75, 3.05) is 7.11 Å². The average Bonchev–Trinajstić information content (AvgIpc) is 2.83. The molecule has 3 heteroatoms.